The van der Waals surface area contributed by atoms with Gasteiger partial charge in [-0.15, -0.1) is 0 Å². The molecule has 1 heterocycles. The van der Waals surface area contributed by atoms with Crippen molar-refractivity contribution in [1.29, 1.82) is 0 Å². The first-order chi connectivity index (χ1) is 9.97. The van der Waals surface area contributed by atoms with Gasteiger partial charge in [-0.25, -0.2) is 0 Å². The fourth-order valence-corrected chi connectivity index (χ4v) is 2.02. The molecule has 1 aromatic carbocycles. The Morgan fingerprint density at radius 1 is 1.33 bits per heavy atom. The standard InChI is InChI=1S/C16H21N3O2/c1-11(2)14(20)9-15(21)17-13-10-19(3)18-16(13)12-7-5-4-6-8-12/h4-8,10-11,14,20H,9H2,1-3H3,(H,17,21). The van der Waals surface area contributed by atoms with Gasteiger partial charge in [0.25, 0.3) is 0 Å². The average Bonchev–Trinajstić information content (AvgIpc) is 2.80. The number of rotatable bonds is 5. The predicted molar refractivity (Wildman–Crippen MR) is 82.7 cm³/mol. The second kappa shape index (κ2) is 6.54. The van der Waals surface area contributed by atoms with E-state index < -0.39 is 6.10 Å². The van der Waals surface area contributed by atoms with E-state index >= 15 is 0 Å². The Morgan fingerprint density at radius 3 is 2.62 bits per heavy atom. The van der Waals surface area contributed by atoms with Gasteiger partial charge in [-0.1, -0.05) is 44.2 Å². The third-order valence-electron chi connectivity index (χ3n) is 3.31. The molecule has 0 aliphatic carbocycles. The number of hydrogen-bond acceptors (Lipinski definition) is 3. The Labute approximate surface area is 124 Å². The van der Waals surface area contributed by atoms with E-state index in [1.165, 1.54) is 0 Å². The van der Waals surface area contributed by atoms with Gasteiger partial charge in [0.1, 0.15) is 5.69 Å². The molecule has 5 nitrogen and oxygen atoms in total. The number of amides is 1. The smallest absolute Gasteiger partial charge is 0.227 e. The molecule has 2 aromatic rings. The van der Waals surface area contributed by atoms with Crippen LogP contribution in [0.3, 0.4) is 0 Å². The van der Waals surface area contributed by atoms with Crippen LogP contribution in [0, 0.1) is 5.92 Å². The summed E-state index contributed by atoms with van der Waals surface area (Å²) in [5, 5.41) is 17.0. The second-order valence-corrected chi connectivity index (χ2v) is 5.49. The molecular formula is C16H21N3O2. The summed E-state index contributed by atoms with van der Waals surface area (Å²) in [5.74, 6) is -0.153. The largest absolute Gasteiger partial charge is 0.392 e. The number of hydrogen-bond donors (Lipinski definition) is 2. The normalized spacial score (nSPS) is 12.4. The summed E-state index contributed by atoms with van der Waals surface area (Å²) >= 11 is 0. The van der Waals surface area contributed by atoms with Crippen molar-refractivity contribution in [3.63, 3.8) is 0 Å². The van der Waals surface area contributed by atoms with Crippen molar-refractivity contribution in [2.75, 3.05) is 5.32 Å². The van der Waals surface area contributed by atoms with Gasteiger partial charge in [-0.05, 0) is 5.92 Å². The Bertz CT molecular complexity index is 605. The molecule has 0 fully saturated rings. The second-order valence-electron chi connectivity index (χ2n) is 5.49. The zero-order valence-electron chi connectivity index (χ0n) is 12.6. The average molecular weight is 287 g/mol. The summed E-state index contributed by atoms with van der Waals surface area (Å²) in [7, 11) is 1.81. The van der Waals surface area contributed by atoms with Gasteiger partial charge in [-0.3, -0.25) is 9.48 Å². The molecule has 1 aromatic heterocycles. The van der Waals surface area contributed by atoms with Crippen LogP contribution in [0.5, 0.6) is 0 Å². The summed E-state index contributed by atoms with van der Waals surface area (Å²) in [5.41, 5.74) is 2.33. The van der Waals surface area contributed by atoms with E-state index in [0.29, 0.717) is 5.69 Å². The van der Waals surface area contributed by atoms with E-state index in [2.05, 4.69) is 10.4 Å². The van der Waals surface area contributed by atoms with Crippen LogP contribution in [0.4, 0.5) is 5.69 Å². The van der Waals surface area contributed by atoms with E-state index in [0.717, 1.165) is 11.3 Å². The number of aliphatic hydroxyl groups is 1. The number of anilines is 1. The molecule has 2 rings (SSSR count). The molecule has 0 radical (unpaired) electrons. The molecule has 1 amide bonds. The molecule has 0 aliphatic rings. The van der Waals surface area contributed by atoms with Crippen molar-refractivity contribution < 1.29 is 9.90 Å². The van der Waals surface area contributed by atoms with E-state index in [4.69, 9.17) is 0 Å². The van der Waals surface area contributed by atoms with Gasteiger partial charge in [0.2, 0.25) is 5.91 Å². The van der Waals surface area contributed by atoms with E-state index in [1.54, 1.807) is 10.9 Å². The summed E-state index contributed by atoms with van der Waals surface area (Å²) in [6, 6.07) is 9.68. The molecule has 2 N–H and O–H groups in total. The summed E-state index contributed by atoms with van der Waals surface area (Å²) in [6.45, 7) is 3.77. The summed E-state index contributed by atoms with van der Waals surface area (Å²) < 4.78 is 1.66. The van der Waals surface area contributed by atoms with Gasteiger partial charge in [-0.2, -0.15) is 5.10 Å². The maximum absolute atomic E-state index is 12.0. The van der Waals surface area contributed by atoms with E-state index in [-0.39, 0.29) is 18.2 Å². The van der Waals surface area contributed by atoms with Crippen molar-refractivity contribution in [3.05, 3.63) is 36.5 Å². The molecule has 112 valence electrons. The van der Waals surface area contributed by atoms with Crippen LogP contribution >= 0.6 is 0 Å². The van der Waals surface area contributed by atoms with Gasteiger partial charge in [0.05, 0.1) is 18.2 Å². The first kappa shape index (κ1) is 15.3. The first-order valence-electron chi connectivity index (χ1n) is 7.04. The fourth-order valence-electron chi connectivity index (χ4n) is 2.02. The quantitative estimate of drug-likeness (QED) is 0.887. The van der Waals surface area contributed by atoms with Crippen LogP contribution in [0.2, 0.25) is 0 Å². The maximum Gasteiger partial charge on any atom is 0.227 e. The minimum Gasteiger partial charge on any atom is -0.392 e. The van der Waals surface area contributed by atoms with Crippen molar-refractivity contribution >= 4 is 11.6 Å². The molecule has 0 saturated heterocycles. The lowest BCUT2D eigenvalue weighted by Gasteiger charge is -2.13. The van der Waals surface area contributed by atoms with Crippen LogP contribution in [0.1, 0.15) is 20.3 Å². The topological polar surface area (TPSA) is 67.2 Å². The molecular weight excluding hydrogens is 266 g/mol. The molecule has 0 spiro atoms. The van der Waals surface area contributed by atoms with Crippen LogP contribution in [0.25, 0.3) is 11.3 Å². The number of carbonyl (C=O) groups is 1. The minimum atomic E-state index is -0.637. The Balaban J connectivity index is 2.16. The third-order valence-corrected chi connectivity index (χ3v) is 3.31. The Hall–Kier alpha value is -2.14. The zero-order valence-corrected chi connectivity index (χ0v) is 12.6. The maximum atomic E-state index is 12.0. The number of aryl methyl sites for hydroxylation is 1. The third kappa shape index (κ3) is 3.92. The van der Waals surface area contributed by atoms with E-state index in [1.807, 2.05) is 51.2 Å². The molecule has 5 heteroatoms. The highest BCUT2D eigenvalue weighted by molar-refractivity contribution is 5.94. The van der Waals surface area contributed by atoms with Crippen molar-refractivity contribution in [3.8, 4) is 11.3 Å². The molecule has 0 saturated carbocycles. The molecule has 0 bridgehead atoms. The fraction of sp³-hybridized carbons (Fsp3) is 0.375. The Kier molecular flexibility index (Phi) is 4.75. The lowest BCUT2D eigenvalue weighted by Crippen LogP contribution is -2.23. The molecule has 1 unspecified atom stereocenters. The number of carbonyl (C=O) groups excluding carboxylic acids is 1. The number of aliphatic hydroxyl groups excluding tert-OH is 1. The summed E-state index contributed by atoms with van der Waals surface area (Å²) in [4.78, 5) is 12.0. The lowest BCUT2D eigenvalue weighted by atomic mass is 10.0. The van der Waals surface area contributed by atoms with Gasteiger partial charge in [0, 0.05) is 18.8 Å². The highest BCUT2D eigenvalue weighted by Gasteiger charge is 2.17. The van der Waals surface area contributed by atoms with Crippen LogP contribution in [0.15, 0.2) is 36.5 Å². The van der Waals surface area contributed by atoms with E-state index in [9.17, 15) is 9.90 Å². The highest BCUT2D eigenvalue weighted by atomic mass is 16.3. The minimum absolute atomic E-state index is 0.0539. The Morgan fingerprint density at radius 2 is 2.00 bits per heavy atom. The van der Waals surface area contributed by atoms with Crippen molar-refractivity contribution in [2.45, 2.75) is 26.4 Å². The molecule has 1 atom stereocenters. The van der Waals surface area contributed by atoms with Crippen LogP contribution < -0.4 is 5.32 Å². The van der Waals surface area contributed by atoms with Crippen molar-refractivity contribution in [2.24, 2.45) is 13.0 Å². The number of benzene rings is 1. The molecule has 0 aliphatic heterocycles. The van der Waals surface area contributed by atoms with Gasteiger partial charge >= 0.3 is 0 Å². The highest BCUT2D eigenvalue weighted by Crippen LogP contribution is 2.26. The van der Waals surface area contributed by atoms with Crippen molar-refractivity contribution in [1.82, 2.24) is 9.78 Å². The number of nitrogens with one attached hydrogen (secondary N) is 1. The number of aromatic nitrogens is 2. The molecule has 21 heavy (non-hydrogen) atoms. The van der Waals surface area contributed by atoms with Crippen LogP contribution in [-0.4, -0.2) is 26.9 Å². The number of nitrogens with zero attached hydrogens (tertiary/aromatic N) is 2. The van der Waals surface area contributed by atoms with Crippen LogP contribution in [-0.2, 0) is 11.8 Å². The monoisotopic (exact) mass is 287 g/mol. The first-order valence-corrected chi connectivity index (χ1v) is 7.04. The van der Waals surface area contributed by atoms with Gasteiger partial charge in [0.15, 0.2) is 0 Å². The SMILES string of the molecule is CC(C)C(O)CC(=O)Nc1cn(C)nc1-c1ccccc1. The zero-order chi connectivity index (χ0) is 15.4. The van der Waals surface area contributed by atoms with Gasteiger partial charge < -0.3 is 10.4 Å². The summed E-state index contributed by atoms with van der Waals surface area (Å²) in [6.07, 6.45) is 1.21. The predicted octanol–water partition coefficient (Wildman–Crippen LogP) is 2.43. The lowest BCUT2D eigenvalue weighted by molar-refractivity contribution is -0.118.